The van der Waals surface area contributed by atoms with Gasteiger partial charge < -0.3 is 10.1 Å². The molecule has 0 spiro atoms. The zero-order valence-electron chi connectivity index (χ0n) is 21.0. The van der Waals surface area contributed by atoms with Crippen LogP contribution in [0.3, 0.4) is 0 Å². The van der Waals surface area contributed by atoms with Crippen LogP contribution in [0.25, 0.3) is 0 Å². The number of fused-ring (bicyclic) bond motifs is 1. The second-order valence-electron chi connectivity index (χ2n) is 9.10. The lowest BCUT2D eigenvalue weighted by molar-refractivity contribution is -0.386. The Balaban J connectivity index is 1.44. The van der Waals surface area contributed by atoms with Crippen molar-refractivity contribution in [3.05, 3.63) is 112 Å². The zero-order valence-corrected chi connectivity index (χ0v) is 24.9. The molecule has 0 atom stereocenters. The Labute approximate surface area is 253 Å². The summed E-state index contributed by atoms with van der Waals surface area (Å²) in [4.78, 5) is 30.6. The summed E-state index contributed by atoms with van der Waals surface area (Å²) in [6.45, 7) is 0.0174. The molecule has 0 fully saturated rings. The molecular formula is C29H22BrCl2N3O4S. The van der Waals surface area contributed by atoms with Gasteiger partial charge in [-0.3, -0.25) is 14.9 Å². The molecule has 0 bridgehead atoms. The third-order valence-corrected chi connectivity index (χ3v) is 8.75. The van der Waals surface area contributed by atoms with Crippen LogP contribution in [-0.2, 0) is 19.4 Å². The minimum Gasteiger partial charge on any atom is -0.481 e. The number of ether oxygens (including phenoxy) is 1. The van der Waals surface area contributed by atoms with Gasteiger partial charge in [-0.05, 0) is 77.5 Å². The molecule has 0 radical (unpaired) electrons. The first-order chi connectivity index (χ1) is 19.3. The Bertz CT molecular complexity index is 1630. The van der Waals surface area contributed by atoms with Crippen LogP contribution in [-0.4, -0.2) is 17.0 Å². The summed E-state index contributed by atoms with van der Waals surface area (Å²) in [6.07, 6.45) is 5.34. The molecule has 1 aliphatic rings. The van der Waals surface area contributed by atoms with Gasteiger partial charge in [-0.15, -0.1) is 11.3 Å². The number of thiophene rings is 1. The molecule has 1 aromatic heterocycles. The van der Waals surface area contributed by atoms with E-state index in [-0.39, 0.29) is 24.0 Å². The average Bonchev–Trinajstić information content (AvgIpc) is 3.31. The van der Waals surface area contributed by atoms with Gasteiger partial charge in [0.15, 0.2) is 0 Å². The molecule has 40 heavy (non-hydrogen) atoms. The van der Waals surface area contributed by atoms with E-state index in [2.05, 4.69) is 26.2 Å². The molecule has 0 saturated heterocycles. The minimum absolute atomic E-state index is 0.0174. The van der Waals surface area contributed by atoms with E-state index in [1.807, 2.05) is 30.3 Å². The lowest BCUT2D eigenvalue weighted by atomic mass is 9.95. The molecule has 7 nitrogen and oxygen atoms in total. The van der Waals surface area contributed by atoms with Gasteiger partial charge in [0.25, 0.3) is 5.91 Å². The number of nitro benzene ring substituents is 1. The van der Waals surface area contributed by atoms with Gasteiger partial charge in [0.05, 0.1) is 15.0 Å². The molecular weight excluding hydrogens is 637 g/mol. The molecule has 1 aliphatic carbocycles. The first kappa shape index (κ1) is 28.3. The fourth-order valence-electron chi connectivity index (χ4n) is 4.47. The topological polar surface area (TPSA) is 93.8 Å². The molecule has 4 aromatic rings. The fourth-order valence-corrected chi connectivity index (χ4v) is 6.74. The molecule has 1 amide bonds. The Morgan fingerprint density at radius 1 is 1.12 bits per heavy atom. The number of hydrogen-bond acceptors (Lipinski definition) is 6. The first-order valence-electron chi connectivity index (χ1n) is 12.4. The largest absolute Gasteiger partial charge is 0.481 e. The Morgan fingerprint density at radius 3 is 2.65 bits per heavy atom. The van der Waals surface area contributed by atoms with Gasteiger partial charge in [0.2, 0.25) is 5.75 Å². The predicted molar refractivity (Wildman–Crippen MR) is 164 cm³/mol. The lowest BCUT2D eigenvalue weighted by Crippen LogP contribution is -2.14. The normalized spacial score (nSPS) is 12.8. The number of nitrogens with one attached hydrogen (secondary N) is 1. The van der Waals surface area contributed by atoms with Crippen LogP contribution in [0.4, 0.5) is 16.4 Å². The van der Waals surface area contributed by atoms with E-state index < -0.39 is 4.92 Å². The number of hydrogen-bond donors (Lipinski definition) is 1. The highest BCUT2D eigenvalue weighted by Crippen LogP contribution is 2.41. The summed E-state index contributed by atoms with van der Waals surface area (Å²) >= 11 is 17.1. The number of aliphatic imine (C=N–C) groups is 1. The second-order valence-corrected chi connectivity index (χ2v) is 11.9. The minimum atomic E-state index is -0.510. The summed E-state index contributed by atoms with van der Waals surface area (Å²) in [7, 11) is 0. The number of anilines is 1. The molecule has 204 valence electrons. The SMILES string of the molecule is O=C(Nc1ccccc1)c1c(N=Cc2cc(Br)c(OCc3ccc(Cl)cc3Cl)c([N+](=O)[O-])c2)sc2c1CCCC2. The van der Waals surface area contributed by atoms with Gasteiger partial charge in [-0.25, -0.2) is 4.99 Å². The summed E-state index contributed by atoms with van der Waals surface area (Å²) < 4.78 is 6.19. The fraction of sp³-hybridized carbons (Fsp3) is 0.172. The maximum absolute atomic E-state index is 13.3. The molecule has 0 saturated carbocycles. The van der Waals surface area contributed by atoms with Crippen molar-refractivity contribution in [1.82, 2.24) is 0 Å². The number of nitrogens with zero attached hydrogens (tertiary/aromatic N) is 2. The standard InChI is InChI=1S/C29H22BrCl2N3O4S/c30-22-12-17(13-24(35(37)38)27(22)39-16-18-10-11-19(31)14-23(18)32)15-33-29-26(21-8-4-5-9-25(21)40-29)28(36)34-20-6-2-1-3-7-20/h1-3,6-7,10-15H,4-5,8-9,16H2,(H,34,36). The number of benzene rings is 3. The van der Waals surface area contributed by atoms with Gasteiger partial charge in [0.1, 0.15) is 11.6 Å². The van der Waals surface area contributed by atoms with Crippen LogP contribution in [0.2, 0.25) is 10.0 Å². The van der Waals surface area contributed by atoms with Crippen molar-refractivity contribution < 1.29 is 14.5 Å². The molecule has 1 heterocycles. The number of carbonyl (C=O) groups excluding carboxylic acids is 1. The maximum atomic E-state index is 13.3. The average molecular weight is 659 g/mol. The summed E-state index contributed by atoms with van der Waals surface area (Å²) in [5.41, 5.74) is 3.19. The van der Waals surface area contributed by atoms with Crippen molar-refractivity contribution in [1.29, 1.82) is 0 Å². The Hall–Kier alpha value is -3.24. The van der Waals surface area contributed by atoms with Crippen molar-refractivity contribution in [2.24, 2.45) is 4.99 Å². The van der Waals surface area contributed by atoms with Crippen LogP contribution in [0.1, 0.15) is 44.8 Å². The van der Waals surface area contributed by atoms with E-state index in [0.717, 1.165) is 36.1 Å². The maximum Gasteiger partial charge on any atom is 0.312 e. The van der Waals surface area contributed by atoms with E-state index in [1.165, 1.54) is 23.6 Å². The van der Waals surface area contributed by atoms with Crippen LogP contribution >= 0.6 is 50.5 Å². The zero-order chi connectivity index (χ0) is 28.2. The number of rotatable bonds is 8. The highest BCUT2D eigenvalue weighted by molar-refractivity contribution is 9.10. The van der Waals surface area contributed by atoms with Gasteiger partial charge >= 0.3 is 5.69 Å². The summed E-state index contributed by atoms with van der Waals surface area (Å²) in [6, 6.07) is 17.3. The van der Waals surface area contributed by atoms with Crippen LogP contribution < -0.4 is 10.1 Å². The third kappa shape index (κ3) is 6.39. The van der Waals surface area contributed by atoms with E-state index in [4.69, 9.17) is 27.9 Å². The summed E-state index contributed by atoms with van der Waals surface area (Å²) in [5.74, 6) is -0.141. The first-order valence-corrected chi connectivity index (χ1v) is 14.8. The van der Waals surface area contributed by atoms with Crippen LogP contribution in [0.15, 0.2) is 70.1 Å². The quantitative estimate of drug-likeness (QED) is 0.116. The summed E-state index contributed by atoms with van der Waals surface area (Å²) in [5, 5.41) is 16.4. The second kappa shape index (κ2) is 12.5. The number of carbonyl (C=O) groups is 1. The smallest absolute Gasteiger partial charge is 0.312 e. The molecule has 11 heteroatoms. The molecule has 0 aliphatic heterocycles. The van der Waals surface area contributed by atoms with Crippen LogP contribution in [0, 0.1) is 10.1 Å². The Morgan fingerprint density at radius 2 is 1.90 bits per heavy atom. The number of amides is 1. The van der Waals surface area contributed by atoms with Crippen molar-refractivity contribution in [3.8, 4) is 5.75 Å². The van der Waals surface area contributed by atoms with Crippen molar-refractivity contribution >= 4 is 79.0 Å². The monoisotopic (exact) mass is 657 g/mol. The molecule has 0 unspecified atom stereocenters. The van der Waals surface area contributed by atoms with E-state index >= 15 is 0 Å². The number of nitro groups is 1. The van der Waals surface area contributed by atoms with E-state index in [1.54, 1.807) is 24.3 Å². The van der Waals surface area contributed by atoms with E-state index in [9.17, 15) is 14.9 Å². The van der Waals surface area contributed by atoms with Crippen molar-refractivity contribution in [3.63, 3.8) is 0 Å². The van der Waals surface area contributed by atoms with Gasteiger partial charge in [-0.2, -0.15) is 0 Å². The Kier molecular flexibility index (Phi) is 8.85. The van der Waals surface area contributed by atoms with Crippen molar-refractivity contribution in [2.75, 3.05) is 5.32 Å². The third-order valence-electron chi connectivity index (χ3n) is 6.37. The van der Waals surface area contributed by atoms with Crippen molar-refractivity contribution in [2.45, 2.75) is 32.3 Å². The van der Waals surface area contributed by atoms with Crippen LogP contribution in [0.5, 0.6) is 5.75 Å². The predicted octanol–water partition coefficient (Wildman–Crippen LogP) is 9.19. The highest BCUT2D eigenvalue weighted by Gasteiger charge is 2.26. The highest BCUT2D eigenvalue weighted by atomic mass is 79.9. The van der Waals surface area contributed by atoms with Gasteiger partial charge in [0, 0.05) is 44.0 Å². The molecule has 1 N–H and O–H groups in total. The van der Waals surface area contributed by atoms with E-state index in [0.29, 0.717) is 41.9 Å². The number of halogens is 3. The lowest BCUT2D eigenvalue weighted by Gasteiger charge is -2.12. The van der Waals surface area contributed by atoms with Gasteiger partial charge in [-0.1, -0.05) is 47.5 Å². The molecule has 5 rings (SSSR count). The molecule has 3 aromatic carbocycles. The number of para-hydroxylation sites is 1. The number of aryl methyl sites for hydroxylation is 1.